The lowest BCUT2D eigenvalue weighted by Crippen LogP contribution is -2.46. The summed E-state index contributed by atoms with van der Waals surface area (Å²) in [5.41, 5.74) is 0. The molecule has 0 heterocycles. The van der Waals surface area contributed by atoms with Crippen molar-refractivity contribution in [2.75, 3.05) is 12.9 Å². The summed E-state index contributed by atoms with van der Waals surface area (Å²) < 4.78 is 33.1. The lowest BCUT2D eigenvalue weighted by Gasteiger charge is -2.37. The van der Waals surface area contributed by atoms with Crippen LogP contribution in [0.15, 0.2) is 0 Å². The van der Waals surface area contributed by atoms with E-state index in [0.717, 1.165) is 12.7 Å². The van der Waals surface area contributed by atoms with Crippen molar-refractivity contribution in [2.45, 2.75) is 24.0 Å². The lowest BCUT2D eigenvalue weighted by molar-refractivity contribution is 0.266. The molecule has 1 fully saturated rings. The van der Waals surface area contributed by atoms with Crippen molar-refractivity contribution in [3.63, 3.8) is 0 Å². The molecule has 0 aromatic heterocycles. The van der Waals surface area contributed by atoms with E-state index in [4.69, 9.17) is 0 Å². The zero-order chi connectivity index (χ0) is 7.83. The molecule has 0 bridgehead atoms. The van der Waals surface area contributed by atoms with Crippen LogP contribution in [0.25, 0.3) is 0 Å². The molecule has 1 saturated carbocycles. The molecular formula is C6H11FO2S. The fraction of sp³-hybridized carbons (Fsp3) is 1.00. The van der Waals surface area contributed by atoms with Crippen LogP contribution in [0.4, 0.5) is 4.39 Å². The van der Waals surface area contributed by atoms with Crippen molar-refractivity contribution in [1.82, 2.24) is 0 Å². The van der Waals surface area contributed by atoms with Gasteiger partial charge in [-0.05, 0) is 12.8 Å². The highest BCUT2D eigenvalue weighted by Crippen LogP contribution is 2.39. The van der Waals surface area contributed by atoms with Crippen LogP contribution in [0.2, 0.25) is 0 Å². The Balaban J connectivity index is 2.85. The normalized spacial score (nSPS) is 23.8. The molecule has 0 N–H and O–H groups in total. The van der Waals surface area contributed by atoms with Crippen LogP contribution < -0.4 is 0 Å². The monoisotopic (exact) mass is 166 g/mol. The van der Waals surface area contributed by atoms with Gasteiger partial charge in [-0.1, -0.05) is 6.42 Å². The largest absolute Gasteiger partial charge is 0.249 e. The first-order chi connectivity index (χ1) is 4.52. The van der Waals surface area contributed by atoms with Crippen LogP contribution in [0.3, 0.4) is 0 Å². The minimum absolute atomic E-state index is 0.502. The molecule has 0 unspecified atom stereocenters. The van der Waals surface area contributed by atoms with Gasteiger partial charge in [0.2, 0.25) is 0 Å². The molecule has 0 spiro atoms. The van der Waals surface area contributed by atoms with E-state index in [1.807, 2.05) is 0 Å². The van der Waals surface area contributed by atoms with Gasteiger partial charge in [0.15, 0.2) is 9.84 Å². The van der Waals surface area contributed by atoms with Crippen LogP contribution >= 0.6 is 0 Å². The minimum atomic E-state index is -3.15. The van der Waals surface area contributed by atoms with Gasteiger partial charge in [-0.3, -0.25) is 0 Å². The summed E-state index contributed by atoms with van der Waals surface area (Å²) >= 11 is 0. The second-order valence-corrected chi connectivity index (χ2v) is 5.35. The Morgan fingerprint density at radius 3 is 2.00 bits per heavy atom. The van der Waals surface area contributed by atoms with Crippen molar-refractivity contribution in [3.8, 4) is 0 Å². The van der Waals surface area contributed by atoms with Gasteiger partial charge < -0.3 is 0 Å². The topological polar surface area (TPSA) is 34.1 Å². The molecule has 0 radical (unpaired) electrons. The van der Waals surface area contributed by atoms with Gasteiger partial charge in [-0.15, -0.1) is 0 Å². The second kappa shape index (κ2) is 2.19. The number of halogens is 1. The summed E-state index contributed by atoms with van der Waals surface area (Å²) in [6.45, 7) is -0.716. The van der Waals surface area contributed by atoms with E-state index in [1.54, 1.807) is 0 Å². The summed E-state index contributed by atoms with van der Waals surface area (Å²) in [6, 6.07) is 0. The Kier molecular flexibility index (Phi) is 1.75. The standard InChI is InChI=1S/C6H11FO2S/c1-10(8,9)6(5-7)3-2-4-6/h2-5H2,1H3. The highest BCUT2D eigenvalue weighted by molar-refractivity contribution is 7.92. The first kappa shape index (κ1) is 7.98. The van der Waals surface area contributed by atoms with Crippen molar-refractivity contribution in [2.24, 2.45) is 0 Å². The first-order valence-corrected chi connectivity index (χ1v) is 5.17. The third-order valence-electron chi connectivity index (χ3n) is 2.29. The molecule has 0 aromatic carbocycles. The summed E-state index contributed by atoms with van der Waals surface area (Å²) in [6.07, 6.45) is 2.97. The molecule has 1 rings (SSSR count). The van der Waals surface area contributed by atoms with Crippen molar-refractivity contribution in [3.05, 3.63) is 0 Å². The fourth-order valence-corrected chi connectivity index (χ4v) is 2.40. The molecule has 60 valence electrons. The number of alkyl halides is 1. The smallest absolute Gasteiger partial charge is 0.155 e. The Hall–Kier alpha value is -0.120. The van der Waals surface area contributed by atoms with E-state index in [1.165, 1.54) is 0 Å². The van der Waals surface area contributed by atoms with E-state index < -0.39 is 21.3 Å². The van der Waals surface area contributed by atoms with Crippen LogP contribution in [0.1, 0.15) is 19.3 Å². The van der Waals surface area contributed by atoms with E-state index in [0.29, 0.717) is 12.8 Å². The quantitative estimate of drug-likeness (QED) is 0.611. The van der Waals surface area contributed by atoms with Gasteiger partial charge in [-0.25, -0.2) is 12.8 Å². The minimum Gasteiger partial charge on any atom is -0.249 e. The summed E-state index contributed by atoms with van der Waals surface area (Å²) in [5.74, 6) is 0. The van der Waals surface area contributed by atoms with Crippen LogP contribution in [-0.2, 0) is 9.84 Å². The SMILES string of the molecule is CS(=O)(=O)C1(CF)CCC1. The molecule has 10 heavy (non-hydrogen) atoms. The maximum Gasteiger partial charge on any atom is 0.155 e. The molecule has 0 amide bonds. The third kappa shape index (κ3) is 0.944. The molecule has 1 aliphatic rings. The number of hydrogen-bond donors (Lipinski definition) is 0. The Morgan fingerprint density at radius 1 is 1.50 bits per heavy atom. The third-order valence-corrected chi connectivity index (χ3v) is 4.39. The van der Waals surface area contributed by atoms with E-state index in [9.17, 15) is 12.8 Å². The molecule has 4 heteroatoms. The van der Waals surface area contributed by atoms with E-state index in [2.05, 4.69) is 0 Å². The maximum absolute atomic E-state index is 12.2. The first-order valence-electron chi connectivity index (χ1n) is 3.27. The average Bonchev–Trinajstić information content (AvgIpc) is 1.58. The summed E-state index contributed by atoms with van der Waals surface area (Å²) in [7, 11) is -3.15. The highest BCUT2D eigenvalue weighted by Gasteiger charge is 2.46. The Morgan fingerprint density at radius 2 is 2.00 bits per heavy atom. The predicted molar refractivity (Wildman–Crippen MR) is 37.4 cm³/mol. The lowest BCUT2D eigenvalue weighted by atomic mass is 9.85. The van der Waals surface area contributed by atoms with Crippen molar-refractivity contribution in [1.29, 1.82) is 0 Å². The molecule has 0 aliphatic heterocycles. The van der Waals surface area contributed by atoms with Gasteiger partial charge >= 0.3 is 0 Å². The zero-order valence-corrected chi connectivity index (χ0v) is 6.75. The van der Waals surface area contributed by atoms with Gasteiger partial charge in [-0.2, -0.15) is 0 Å². The van der Waals surface area contributed by atoms with Crippen molar-refractivity contribution >= 4 is 9.84 Å². The molecular weight excluding hydrogens is 155 g/mol. The van der Waals surface area contributed by atoms with Gasteiger partial charge in [0.1, 0.15) is 11.4 Å². The van der Waals surface area contributed by atoms with Crippen LogP contribution in [-0.4, -0.2) is 26.1 Å². The maximum atomic E-state index is 12.2. The molecule has 2 nitrogen and oxygen atoms in total. The second-order valence-electron chi connectivity index (χ2n) is 2.94. The molecule has 0 aromatic rings. The van der Waals surface area contributed by atoms with Crippen molar-refractivity contribution < 1.29 is 12.8 Å². The Bertz CT molecular complexity index is 210. The summed E-state index contributed by atoms with van der Waals surface area (Å²) in [4.78, 5) is 0. The van der Waals surface area contributed by atoms with Gasteiger partial charge in [0.05, 0.1) is 0 Å². The zero-order valence-electron chi connectivity index (χ0n) is 5.93. The predicted octanol–water partition coefficient (Wildman–Crippen LogP) is 0.923. The van der Waals surface area contributed by atoms with E-state index in [-0.39, 0.29) is 0 Å². The van der Waals surface area contributed by atoms with Gasteiger partial charge in [0, 0.05) is 6.26 Å². The number of sulfone groups is 1. The van der Waals surface area contributed by atoms with Crippen LogP contribution in [0.5, 0.6) is 0 Å². The summed E-state index contributed by atoms with van der Waals surface area (Å²) in [5, 5.41) is 0. The van der Waals surface area contributed by atoms with Gasteiger partial charge in [0.25, 0.3) is 0 Å². The molecule has 1 aliphatic carbocycles. The fourth-order valence-electron chi connectivity index (χ4n) is 1.17. The average molecular weight is 166 g/mol. The molecule has 0 saturated heterocycles. The molecule has 0 atom stereocenters. The highest BCUT2D eigenvalue weighted by atomic mass is 32.2. The number of hydrogen-bond acceptors (Lipinski definition) is 2. The van der Waals surface area contributed by atoms with E-state index >= 15 is 0 Å². The Labute approximate surface area is 60.3 Å². The van der Waals surface area contributed by atoms with Crippen LogP contribution in [0, 0.1) is 0 Å². The number of rotatable bonds is 2.